The maximum Gasteiger partial charge on any atom is 0.0928 e. The van der Waals surface area contributed by atoms with Crippen molar-refractivity contribution in [1.29, 1.82) is 0 Å². The quantitative estimate of drug-likeness (QED) is 0.532. The Labute approximate surface area is 93.9 Å². The van der Waals surface area contributed by atoms with E-state index in [1.165, 1.54) is 0 Å². The van der Waals surface area contributed by atoms with Crippen LogP contribution < -0.4 is 0 Å². The van der Waals surface area contributed by atoms with Crippen molar-refractivity contribution in [3.63, 3.8) is 0 Å². The Balaban J connectivity index is 2.36. The molecule has 0 N–H and O–H groups in total. The Kier molecular flexibility index (Phi) is 0.630. The van der Waals surface area contributed by atoms with Crippen LogP contribution in [0.25, 0.3) is 0 Å². The Morgan fingerprint density at radius 3 is 2.64 bits per heavy atom. The summed E-state index contributed by atoms with van der Waals surface area (Å²) in [5, 5.41) is 8.39. The second kappa shape index (κ2) is 1.98. The van der Waals surface area contributed by atoms with Crippen molar-refractivity contribution in [2.45, 2.75) is 45.0 Å². The van der Waals surface area contributed by atoms with Crippen molar-refractivity contribution in [2.75, 3.05) is 0 Å². The highest BCUT2D eigenvalue weighted by Crippen LogP contribution is 2.68. The molecule has 76 valence electrons. The monoisotopic (exact) mass is 196 g/mol. The molecule has 1 fully saturated rings. The van der Waals surface area contributed by atoms with Crippen LogP contribution in [0.5, 0.6) is 0 Å². The van der Waals surface area contributed by atoms with Crippen LogP contribution in [0, 0.1) is 17.3 Å². The van der Waals surface area contributed by atoms with Gasteiger partial charge >= 0.3 is 0 Å². The van der Waals surface area contributed by atoms with Crippen molar-refractivity contribution < 1.29 is 8.22 Å². The minimum absolute atomic E-state index is 0.0918. The van der Waals surface area contributed by atoms with Gasteiger partial charge in [-0.3, -0.25) is 0 Å². The second-order valence-corrected chi connectivity index (χ2v) is 5.04. The third-order valence-electron chi connectivity index (χ3n) is 4.52. The molecule has 2 nitrogen and oxygen atoms in total. The Morgan fingerprint density at radius 1 is 1.29 bits per heavy atom. The number of azo groups is 1. The maximum absolute atomic E-state index is 7.99. The fourth-order valence-electron chi connectivity index (χ4n) is 3.35. The number of nitrogens with zero attached hydrogens (tertiary/aromatic N) is 2. The van der Waals surface area contributed by atoms with Crippen molar-refractivity contribution in [1.82, 2.24) is 0 Å². The lowest BCUT2D eigenvalue weighted by Gasteiger charge is -2.36. The van der Waals surface area contributed by atoms with Gasteiger partial charge in [-0.05, 0) is 26.2 Å². The first-order valence-corrected chi connectivity index (χ1v) is 5.04. The molecule has 0 unspecified atom stereocenters. The summed E-state index contributed by atoms with van der Waals surface area (Å²) in [5.41, 5.74) is -4.29. The number of allylic oxidation sites excluding steroid dienone is 1. The first kappa shape index (κ1) is 4.46. The van der Waals surface area contributed by atoms with Crippen LogP contribution in [0.1, 0.15) is 42.2 Å². The van der Waals surface area contributed by atoms with Gasteiger partial charge in [0.2, 0.25) is 0 Å². The third kappa shape index (κ3) is 0.565. The van der Waals surface area contributed by atoms with Gasteiger partial charge in [0.05, 0.1) is 11.1 Å². The van der Waals surface area contributed by atoms with Gasteiger partial charge in [0.15, 0.2) is 0 Å². The van der Waals surface area contributed by atoms with E-state index < -0.39 is 30.2 Å². The molecule has 0 aromatic heterocycles. The first-order chi connectivity index (χ1) is 8.93. The van der Waals surface area contributed by atoms with Crippen molar-refractivity contribution in [3.05, 3.63) is 12.2 Å². The van der Waals surface area contributed by atoms with E-state index in [0.29, 0.717) is 6.42 Å². The normalized spacial score (nSPS) is 65.0. The summed E-state index contributed by atoms with van der Waals surface area (Å²) in [6, 6.07) is 0. The van der Waals surface area contributed by atoms with E-state index in [4.69, 9.17) is 8.22 Å². The summed E-state index contributed by atoms with van der Waals surface area (Å²) in [7, 11) is 0. The molecule has 2 aliphatic carbocycles. The smallest absolute Gasteiger partial charge is 0.0928 e. The largest absolute Gasteiger partial charge is 0.186 e. The van der Waals surface area contributed by atoms with Crippen molar-refractivity contribution in [3.8, 4) is 0 Å². The van der Waals surface area contributed by atoms with Crippen LogP contribution in [0.3, 0.4) is 0 Å². The lowest BCUT2D eigenvalue weighted by Crippen LogP contribution is -2.44. The van der Waals surface area contributed by atoms with Crippen molar-refractivity contribution in [2.24, 2.45) is 27.5 Å². The zero-order chi connectivity index (χ0) is 15.2. The third-order valence-corrected chi connectivity index (χ3v) is 4.52. The SMILES string of the molecule is [2H]C([2H])([2H])C1(C([2H])([2H])[2H])[C@@]2(C)N=N[C@]1(C)[C@@H]1C=CC[C@@H]12. The lowest BCUT2D eigenvalue weighted by atomic mass is 9.67. The predicted octanol–water partition coefficient (Wildman–Crippen LogP) is 3.20. The van der Waals surface area contributed by atoms with Crippen LogP contribution >= 0.6 is 0 Å². The predicted molar refractivity (Wildman–Crippen MR) is 56.2 cm³/mol. The molecule has 0 aromatic rings. The Morgan fingerprint density at radius 2 is 2.00 bits per heavy atom. The fraction of sp³-hybridized carbons (Fsp3) is 0.833. The number of hydrogen-bond acceptors (Lipinski definition) is 2. The topological polar surface area (TPSA) is 24.7 Å². The molecule has 1 saturated carbocycles. The summed E-state index contributed by atoms with van der Waals surface area (Å²) in [6.45, 7) is -1.98. The molecule has 1 aliphatic heterocycles. The highest BCUT2D eigenvalue weighted by molar-refractivity contribution is 5.32. The average molecular weight is 196 g/mol. The van der Waals surface area contributed by atoms with E-state index in [-0.39, 0.29) is 11.8 Å². The minimum Gasteiger partial charge on any atom is -0.186 e. The van der Waals surface area contributed by atoms with E-state index in [2.05, 4.69) is 10.2 Å². The molecule has 0 radical (unpaired) electrons. The molecule has 0 aromatic carbocycles. The van der Waals surface area contributed by atoms with Crippen molar-refractivity contribution >= 4 is 0 Å². The summed E-state index contributed by atoms with van der Waals surface area (Å²) in [6.07, 6.45) is 4.59. The summed E-state index contributed by atoms with van der Waals surface area (Å²) >= 11 is 0. The summed E-state index contributed by atoms with van der Waals surface area (Å²) in [5.74, 6) is -0.253. The molecule has 3 rings (SSSR count). The first-order valence-electron chi connectivity index (χ1n) is 8.04. The molecule has 2 bridgehead atoms. The highest BCUT2D eigenvalue weighted by Gasteiger charge is 2.72. The molecule has 0 spiro atoms. The maximum atomic E-state index is 7.99. The van der Waals surface area contributed by atoms with Gasteiger partial charge in [-0.2, -0.15) is 10.2 Å². The summed E-state index contributed by atoms with van der Waals surface area (Å²) < 4.78 is 48.0. The second-order valence-electron chi connectivity index (χ2n) is 5.04. The molecular weight excluding hydrogens is 172 g/mol. The lowest BCUT2D eigenvalue weighted by molar-refractivity contribution is 0.176. The van der Waals surface area contributed by atoms with Gasteiger partial charge < -0.3 is 0 Å². The Hall–Kier alpha value is -0.660. The molecular formula is C12H18N2. The zero-order valence-electron chi connectivity index (χ0n) is 14.4. The van der Waals surface area contributed by atoms with E-state index in [0.717, 1.165) is 0 Å². The van der Waals surface area contributed by atoms with Crippen LogP contribution in [-0.4, -0.2) is 11.1 Å². The number of hydrogen-bond donors (Lipinski definition) is 0. The minimum atomic E-state index is -2.65. The Bertz CT molecular complexity index is 505. The molecule has 3 aliphatic rings. The van der Waals surface area contributed by atoms with E-state index in [1.807, 2.05) is 12.2 Å². The summed E-state index contributed by atoms with van der Waals surface area (Å²) in [4.78, 5) is 0. The van der Waals surface area contributed by atoms with Gasteiger partial charge in [-0.25, -0.2) is 0 Å². The average Bonchev–Trinajstić information content (AvgIpc) is 2.81. The highest BCUT2D eigenvalue weighted by atomic mass is 15.3. The van der Waals surface area contributed by atoms with Gasteiger partial charge in [0.25, 0.3) is 0 Å². The molecule has 0 amide bonds. The molecule has 14 heavy (non-hydrogen) atoms. The van der Waals surface area contributed by atoms with Gasteiger partial charge in [-0.15, -0.1) is 0 Å². The molecule has 1 heterocycles. The van der Waals surface area contributed by atoms with Gasteiger partial charge in [-0.1, -0.05) is 25.9 Å². The van der Waals surface area contributed by atoms with Crippen LogP contribution in [0.4, 0.5) is 0 Å². The standard InChI is InChI=1S/C12H18N2/c1-10(2)11(3)8-6-5-7-9(8)12(10,4)14-13-11/h5-6,8-9H,7H2,1-4H3/t8-,9+,11-,12+/m1/s1/i1D3,2D3. The van der Waals surface area contributed by atoms with E-state index in [1.54, 1.807) is 13.8 Å². The van der Waals surface area contributed by atoms with E-state index >= 15 is 0 Å². The fourth-order valence-corrected chi connectivity index (χ4v) is 3.35. The van der Waals surface area contributed by atoms with Crippen LogP contribution in [-0.2, 0) is 0 Å². The van der Waals surface area contributed by atoms with Gasteiger partial charge in [0.1, 0.15) is 0 Å². The zero-order valence-corrected chi connectivity index (χ0v) is 8.41. The number of fused-ring (bicyclic) bond motifs is 5. The molecule has 2 heteroatoms. The van der Waals surface area contributed by atoms with Crippen LogP contribution in [0.2, 0.25) is 0 Å². The number of rotatable bonds is 0. The van der Waals surface area contributed by atoms with Crippen LogP contribution in [0.15, 0.2) is 22.4 Å². The van der Waals surface area contributed by atoms with E-state index in [9.17, 15) is 0 Å². The van der Waals surface area contributed by atoms with Gasteiger partial charge in [0, 0.05) is 19.6 Å². The molecule has 4 atom stereocenters. The molecule has 0 saturated heterocycles.